The van der Waals surface area contributed by atoms with Crippen molar-refractivity contribution in [3.8, 4) is 17.0 Å². The lowest BCUT2D eigenvalue weighted by Crippen LogP contribution is -2.26. The molecule has 25 heavy (non-hydrogen) atoms. The topological polar surface area (TPSA) is 103 Å². The molecule has 0 spiro atoms. The Kier molecular flexibility index (Phi) is 4.94. The van der Waals surface area contributed by atoms with Gasteiger partial charge in [-0.2, -0.15) is 0 Å². The summed E-state index contributed by atoms with van der Waals surface area (Å²) in [5.41, 5.74) is 8.14. The fourth-order valence-electron chi connectivity index (χ4n) is 2.42. The fraction of sp³-hybridized carbons (Fsp3) is 0.167. The molecule has 1 aromatic carbocycles. The highest BCUT2D eigenvalue weighted by Gasteiger charge is 2.22. The molecule has 7 nitrogen and oxygen atoms in total. The first-order chi connectivity index (χ1) is 12.2. The third-order valence-corrected chi connectivity index (χ3v) is 3.74. The molecule has 3 rings (SSSR count). The number of carbonyl (C=O) groups is 1. The summed E-state index contributed by atoms with van der Waals surface area (Å²) in [6.45, 7) is 0.461. The van der Waals surface area contributed by atoms with Crippen LogP contribution in [-0.2, 0) is 6.42 Å². The first-order valence-electron chi connectivity index (χ1n) is 7.75. The van der Waals surface area contributed by atoms with Gasteiger partial charge in [-0.25, -0.2) is 0 Å². The highest BCUT2D eigenvalue weighted by Crippen LogP contribution is 2.26. The predicted octanol–water partition coefficient (Wildman–Crippen LogP) is 2.30. The summed E-state index contributed by atoms with van der Waals surface area (Å²) in [6.07, 6.45) is 3.93. The summed E-state index contributed by atoms with van der Waals surface area (Å²) in [5.74, 6) is 0.457. The Bertz CT molecular complexity index is 845. The van der Waals surface area contributed by atoms with E-state index in [-0.39, 0.29) is 17.4 Å². The highest BCUT2D eigenvalue weighted by molar-refractivity contribution is 6.03. The van der Waals surface area contributed by atoms with Gasteiger partial charge in [0.2, 0.25) is 5.88 Å². The summed E-state index contributed by atoms with van der Waals surface area (Å²) >= 11 is 0. The molecule has 0 bridgehead atoms. The molecule has 3 N–H and O–H groups in total. The summed E-state index contributed by atoms with van der Waals surface area (Å²) in [6, 6.07) is 11.2. The van der Waals surface area contributed by atoms with Gasteiger partial charge in [0.05, 0.1) is 7.11 Å². The number of hydrogen-bond donors (Lipinski definition) is 2. The third kappa shape index (κ3) is 3.77. The average molecular weight is 338 g/mol. The van der Waals surface area contributed by atoms with Crippen molar-refractivity contribution in [3.05, 3.63) is 59.9 Å². The second-order valence-corrected chi connectivity index (χ2v) is 5.37. The monoisotopic (exact) mass is 338 g/mol. The van der Waals surface area contributed by atoms with Gasteiger partial charge in [-0.3, -0.25) is 9.78 Å². The number of carbonyl (C=O) groups excluding carboxylic acids is 1. The molecule has 1 amide bonds. The molecule has 0 unspecified atom stereocenters. The van der Waals surface area contributed by atoms with Gasteiger partial charge in [0.25, 0.3) is 5.91 Å². The van der Waals surface area contributed by atoms with Gasteiger partial charge in [0.15, 0.2) is 0 Å². The molecule has 0 saturated heterocycles. The lowest BCUT2D eigenvalue weighted by molar-refractivity contribution is 0.0955. The number of anilines is 1. The molecule has 0 saturated carbocycles. The van der Waals surface area contributed by atoms with Crippen LogP contribution in [0, 0.1) is 0 Å². The van der Waals surface area contributed by atoms with E-state index in [1.54, 1.807) is 31.6 Å². The lowest BCUT2D eigenvalue weighted by atomic mass is 10.1. The van der Waals surface area contributed by atoms with E-state index >= 15 is 0 Å². The number of nitrogen functional groups attached to an aromatic ring is 1. The quantitative estimate of drug-likeness (QED) is 0.715. The van der Waals surface area contributed by atoms with Crippen molar-refractivity contribution in [2.45, 2.75) is 6.42 Å². The molecule has 3 aromatic rings. The largest absolute Gasteiger partial charge is 0.497 e. The molecule has 0 aliphatic carbocycles. The van der Waals surface area contributed by atoms with E-state index in [1.807, 2.05) is 24.3 Å². The zero-order valence-electron chi connectivity index (χ0n) is 13.7. The maximum absolute atomic E-state index is 12.5. The molecule has 0 fully saturated rings. The zero-order chi connectivity index (χ0) is 17.6. The van der Waals surface area contributed by atoms with Gasteiger partial charge >= 0.3 is 0 Å². The number of aromatic nitrogens is 2. The van der Waals surface area contributed by atoms with Crippen LogP contribution in [0.25, 0.3) is 11.3 Å². The molecule has 0 atom stereocenters. The second kappa shape index (κ2) is 7.48. The average Bonchev–Trinajstić information content (AvgIpc) is 3.04. The Hall–Kier alpha value is -3.35. The molecule has 0 radical (unpaired) electrons. The van der Waals surface area contributed by atoms with Crippen molar-refractivity contribution >= 4 is 11.8 Å². The Labute approximate surface area is 144 Å². The molecule has 128 valence electrons. The molecule has 2 aromatic heterocycles. The van der Waals surface area contributed by atoms with Crippen LogP contribution in [0.3, 0.4) is 0 Å². The van der Waals surface area contributed by atoms with Crippen molar-refractivity contribution < 1.29 is 14.1 Å². The van der Waals surface area contributed by atoms with Crippen LogP contribution in [0.4, 0.5) is 5.88 Å². The molecule has 0 aliphatic heterocycles. The maximum Gasteiger partial charge on any atom is 0.259 e. The number of benzene rings is 1. The van der Waals surface area contributed by atoms with Gasteiger partial charge < -0.3 is 20.3 Å². The summed E-state index contributed by atoms with van der Waals surface area (Å²) < 4.78 is 10.1. The van der Waals surface area contributed by atoms with Crippen LogP contribution in [0.1, 0.15) is 15.9 Å². The zero-order valence-corrected chi connectivity index (χ0v) is 13.7. The van der Waals surface area contributed by atoms with Crippen molar-refractivity contribution in [2.75, 3.05) is 19.4 Å². The number of pyridine rings is 1. The highest BCUT2D eigenvalue weighted by atomic mass is 16.5. The Morgan fingerprint density at radius 1 is 1.28 bits per heavy atom. The lowest BCUT2D eigenvalue weighted by Gasteiger charge is -2.06. The second-order valence-electron chi connectivity index (χ2n) is 5.37. The van der Waals surface area contributed by atoms with Crippen molar-refractivity contribution in [2.24, 2.45) is 0 Å². The fourth-order valence-corrected chi connectivity index (χ4v) is 2.42. The minimum Gasteiger partial charge on any atom is -0.497 e. The van der Waals surface area contributed by atoms with E-state index < -0.39 is 0 Å². The van der Waals surface area contributed by atoms with Gasteiger partial charge in [0, 0.05) is 24.5 Å². The number of nitrogens with one attached hydrogen (secondary N) is 1. The van der Waals surface area contributed by atoms with E-state index in [4.69, 9.17) is 15.0 Å². The molecule has 0 aliphatic rings. The summed E-state index contributed by atoms with van der Waals surface area (Å²) in [4.78, 5) is 16.5. The van der Waals surface area contributed by atoms with Gasteiger partial charge in [-0.05, 0) is 36.2 Å². The number of ether oxygens (including phenoxy) is 1. The molecule has 7 heteroatoms. The number of amides is 1. The van der Waals surface area contributed by atoms with E-state index in [9.17, 15) is 4.79 Å². The minimum atomic E-state index is -0.328. The van der Waals surface area contributed by atoms with Crippen LogP contribution in [-0.4, -0.2) is 29.7 Å². The first kappa shape index (κ1) is 16.5. The standard InChI is InChI=1S/C18H18N4O3/c1-24-14-6-4-12(5-7-14)8-10-21-18(23)15-16(22-25-17(15)19)13-3-2-9-20-11-13/h2-7,9,11H,8,10,19H2,1H3,(H,21,23). The van der Waals surface area contributed by atoms with Crippen LogP contribution < -0.4 is 15.8 Å². The van der Waals surface area contributed by atoms with Gasteiger partial charge in [-0.1, -0.05) is 17.3 Å². The Morgan fingerprint density at radius 3 is 2.76 bits per heavy atom. The van der Waals surface area contributed by atoms with E-state index in [0.717, 1.165) is 11.3 Å². The molecular formula is C18H18N4O3. The van der Waals surface area contributed by atoms with Crippen LogP contribution in [0.2, 0.25) is 0 Å². The molecular weight excluding hydrogens is 320 g/mol. The summed E-state index contributed by atoms with van der Waals surface area (Å²) in [7, 11) is 1.62. The molecule has 2 heterocycles. The predicted molar refractivity (Wildman–Crippen MR) is 93.2 cm³/mol. The normalized spacial score (nSPS) is 10.4. The first-order valence-corrected chi connectivity index (χ1v) is 7.75. The number of methoxy groups -OCH3 is 1. The number of nitrogens with two attached hydrogens (primary N) is 1. The van der Waals surface area contributed by atoms with Gasteiger partial charge in [-0.15, -0.1) is 0 Å². The van der Waals surface area contributed by atoms with Crippen LogP contribution >= 0.6 is 0 Å². The maximum atomic E-state index is 12.5. The number of nitrogens with zero attached hydrogens (tertiary/aromatic N) is 2. The van der Waals surface area contributed by atoms with Crippen molar-refractivity contribution in [3.63, 3.8) is 0 Å². The van der Waals surface area contributed by atoms with Crippen LogP contribution in [0.5, 0.6) is 5.75 Å². The van der Waals surface area contributed by atoms with E-state index in [0.29, 0.717) is 24.2 Å². The Balaban J connectivity index is 1.66. The Morgan fingerprint density at radius 2 is 2.08 bits per heavy atom. The number of rotatable bonds is 6. The van der Waals surface area contributed by atoms with E-state index in [1.165, 1.54) is 0 Å². The van der Waals surface area contributed by atoms with Crippen molar-refractivity contribution in [1.82, 2.24) is 15.5 Å². The number of hydrogen-bond acceptors (Lipinski definition) is 6. The summed E-state index contributed by atoms with van der Waals surface area (Å²) in [5, 5.41) is 6.72. The van der Waals surface area contributed by atoms with E-state index in [2.05, 4.69) is 15.5 Å². The third-order valence-electron chi connectivity index (χ3n) is 3.74. The van der Waals surface area contributed by atoms with Crippen molar-refractivity contribution in [1.29, 1.82) is 0 Å². The minimum absolute atomic E-state index is 0.0131. The smallest absolute Gasteiger partial charge is 0.259 e. The SMILES string of the molecule is COc1ccc(CCNC(=O)c2c(-c3cccnc3)noc2N)cc1. The van der Waals surface area contributed by atoms with Gasteiger partial charge in [0.1, 0.15) is 17.0 Å². The van der Waals surface area contributed by atoms with Crippen LogP contribution in [0.15, 0.2) is 53.3 Å².